The van der Waals surface area contributed by atoms with E-state index in [0.29, 0.717) is 6.54 Å². The van der Waals surface area contributed by atoms with Crippen molar-refractivity contribution >= 4 is 5.96 Å². The van der Waals surface area contributed by atoms with Gasteiger partial charge < -0.3 is 20.8 Å². The topological polar surface area (TPSA) is 93.6 Å². The molecule has 70 valence electrons. The first-order valence-corrected chi connectivity index (χ1v) is 3.89. The number of nitrogens with one attached hydrogen (secondary N) is 1. The van der Waals surface area contributed by atoms with Gasteiger partial charge in [0.1, 0.15) is 0 Å². The summed E-state index contributed by atoms with van der Waals surface area (Å²) in [6.45, 7) is 3.62. The molecule has 1 rings (SSSR count). The summed E-state index contributed by atoms with van der Waals surface area (Å²) in [7, 11) is 0. The van der Waals surface area contributed by atoms with Crippen LogP contribution in [0.25, 0.3) is 0 Å². The number of nitrogens with zero attached hydrogens (tertiary/aromatic N) is 1. The Bertz CT molecular complexity index is 199. The van der Waals surface area contributed by atoms with Crippen LogP contribution in [-0.4, -0.2) is 39.4 Å². The van der Waals surface area contributed by atoms with E-state index in [4.69, 9.17) is 11.1 Å². The quantitative estimate of drug-likeness (QED) is 0.230. The van der Waals surface area contributed by atoms with Crippen molar-refractivity contribution in [3.63, 3.8) is 0 Å². The molecule has 0 radical (unpaired) electrons. The molecule has 1 aliphatic rings. The maximum absolute atomic E-state index is 9.22. The maximum Gasteiger partial charge on any atom is 0.188 e. The molecular formula is C7H15N3O2. The number of likely N-dealkylation sites (tertiary alicyclic amines) is 1. The normalized spacial score (nSPS) is 29.8. The van der Waals surface area contributed by atoms with Gasteiger partial charge in [0.25, 0.3) is 0 Å². The van der Waals surface area contributed by atoms with Crippen LogP contribution in [0.15, 0.2) is 0 Å². The number of hydrogen-bond donors (Lipinski definition) is 4. The summed E-state index contributed by atoms with van der Waals surface area (Å²) < 4.78 is 0. The van der Waals surface area contributed by atoms with Crippen molar-refractivity contribution in [3.8, 4) is 0 Å². The van der Waals surface area contributed by atoms with Crippen LogP contribution in [0.4, 0.5) is 0 Å². The fourth-order valence-electron chi connectivity index (χ4n) is 1.56. The van der Waals surface area contributed by atoms with Crippen molar-refractivity contribution in [2.75, 3.05) is 6.54 Å². The minimum atomic E-state index is -1.66. The highest BCUT2D eigenvalue weighted by Crippen LogP contribution is 2.31. The molecule has 2 atom stereocenters. The molecule has 5 heteroatoms. The minimum absolute atomic E-state index is 0.0111. The number of aliphatic hydroxyl groups is 2. The van der Waals surface area contributed by atoms with Crippen LogP contribution in [0.1, 0.15) is 13.8 Å². The van der Waals surface area contributed by atoms with Gasteiger partial charge in [0.2, 0.25) is 0 Å². The Balaban J connectivity index is 2.55. The van der Waals surface area contributed by atoms with Gasteiger partial charge in [0.15, 0.2) is 11.7 Å². The van der Waals surface area contributed by atoms with E-state index in [1.54, 1.807) is 4.90 Å². The summed E-state index contributed by atoms with van der Waals surface area (Å²) in [5.74, 6) is -1.89. The van der Waals surface area contributed by atoms with Gasteiger partial charge in [0, 0.05) is 12.6 Å². The standard InChI is InChI=1S/C7H15N3O2/c1-4-5(7(2,11)12)3-10(4)6(8)9/h4-5,11-12H,3H2,1-2H3,(H3,8,9)/t4-,5+/m0/s1. The molecule has 0 amide bonds. The van der Waals surface area contributed by atoms with E-state index in [2.05, 4.69) is 0 Å². The lowest BCUT2D eigenvalue weighted by Crippen LogP contribution is -2.65. The third kappa shape index (κ3) is 1.37. The first kappa shape index (κ1) is 9.28. The molecule has 0 unspecified atom stereocenters. The lowest BCUT2D eigenvalue weighted by molar-refractivity contribution is -0.222. The first-order valence-electron chi connectivity index (χ1n) is 3.89. The second-order valence-corrected chi connectivity index (χ2v) is 3.48. The second kappa shape index (κ2) is 2.60. The molecule has 0 aromatic heterocycles. The Labute approximate surface area is 71.3 Å². The summed E-state index contributed by atoms with van der Waals surface area (Å²) in [6.07, 6.45) is 0. The Morgan fingerprint density at radius 2 is 2.17 bits per heavy atom. The van der Waals surface area contributed by atoms with Crippen LogP contribution >= 0.6 is 0 Å². The highest BCUT2D eigenvalue weighted by molar-refractivity contribution is 5.76. The zero-order valence-corrected chi connectivity index (χ0v) is 7.28. The van der Waals surface area contributed by atoms with E-state index in [0.717, 1.165) is 0 Å². The van der Waals surface area contributed by atoms with Crippen LogP contribution in [-0.2, 0) is 0 Å². The fraction of sp³-hybridized carbons (Fsp3) is 0.857. The first-order chi connectivity index (χ1) is 5.34. The molecule has 0 bridgehead atoms. The highest BCUT2D eigenvalue weighted by Gasteiger charge is 2.46. The Hall–Kier alpha value is -0.810. The van der Waals surface area contributed by atoms with E-state index in [-0.39, 0.29) is 17.9 Å². The van der Waals surface area contributed by atoms with Gasteiger partial charge >= 0.3 is 0 Å². The monoisotopic (exact) mass is 173 g/mol. The predicted octanol–water partition coefficient (Wildman–Crippen LogP) is -1.10. The average molecular weight is 173 g/mol. The van der Waals surface area contributed by atoms with Gasteiger partial charge in [-0.05, 0) is 13.8 Å². The van der Waals surface area contributed by atoms with Crippen molar-refractivity contribution in [1.82, 2.24) is 4.90 Å². The number of rotatable bonds is 1. The van der Waals surface area contributed by atoms with Gasteiger partial charge in [-0.2, -0.15) is 0 Å². The molecule has 1 heterocycles. The molecule has 5 N–H and O–H groups in total. The molecule has 5 nitrogen and oxygen atoms in total. The molecule has 0 saturated carbocycles. The second-order valence-electron chi connectivity index (χ2n) is 3.48. The summed E-state index contributed by atoms with van der Waals surface area (Å²) in [5.41, 5.74) is 5.24. The molecule has 1 saturated heterocycles. The van der Waals surface area contributed by atoms with Gasteiger partial charge in [-0.25, -0.2) is 0 Å². The summed E-state index contributed by atoms with van der Waals surface area (Å²) in [4.78, 5) is 1.62. The SMILES string of the molecule is C[C@H]1[C@H](C(C)(O)O)CN1C(=N)N. The van der Waals surface area contributed by atoms with E-state index in [9.17, 15) is 10.2 Å². The molecular weight excluding hydrogens is 158 g/mol. The molecule has 0 aromatic rings. The largest absolute Gasteiger partial charge is 0.370 e. The zero-order chi connectivity index (χ0) is 9.52. The van der Waals surface area contributed by atoms with Gasteiger partial charge in [0.05, 0.1) is 5.92 Å². The molecule has 0 aromatic carbocycles. The van der Waals surface area contributed by atoms with E-state index in [1.807, 2.05) is 6.92 Å². The number of nitrogens with two attached hydrogens (primary N) is 1. The number of hydrogen-bond acceptors (Lipinski definition) is 3. The van der Waals surface area contributed by atoms with Gasteiger partial charge in [-0.3, -0.25) is 5.41 Å². The molecule has 0 spiro atoms. The van der Waals surface area contributed by atoms with Crippen LogP contribution in [0.2, 0.25) is 0 Å². The third-order valence-corrected chi connectivity index (χ3v) is 2.48. The molecule has 0 aliphatic carbocycles. The van der Waals surface area contributed by atoms with Gasteiger partial charge in [-0.1, -0.05) is 0 Å². The maximum atomic E-state index is 9.22. The molecule has 1 fully saturated rings. The lowest BCUT2D eigenvalue weighted by Gasteiger charge is -2.50. The zero-order valence-electron chi connectivity index (χ0n) is 7.28. The predicted molar refractivity (Wildman–Crippen MR) is 44.4 cm³/mol. The Morgan fingerprint density at radius 1 is 1.67 bits per heavy atom. The smallest absolute Gasteiger partial charge is 0.188 e. The highest BCUT2D eigenvalue weighted by atomic mass is 16.5. The fourth-order valence-corrected chi connectivity index (χ4v) is 1.56. The third-order valence-electron chi connectivity index (χ3n) is 2.48. The van der Waals surface area contributed by atoms with Crippen molar-refractivity contribution in [2.45, 2.75) is 25.7 Å². The van der Waals surface area contributed by atoms with Crippen LogP contribution < -0.4 is 5.73 Å². The molecule has 12 heavy (non-hydrogen) atoms. The van der Waals surface area contributed by atoms with E-state index >= 15 is 0 Å². The summed E-state index contributed by atoms with van der Waals surface area (Å²) in [5, 5.41) is 25.6. The molecule has 1 aliphatic heterocycles. The number of guanidine groups is 1. The van der Waals surface area contributed by atoms with E-state index < -0.39 is 5.79 Å². The van der Waals surface area contributed by atoms with Crippen molar-refractivity contribution in [3.05, 3.63) is 0 Å². The van der Waals surface area contributed by atoms with Crippen molar-refractivity contribution in [1.29, 1.82) is 5.41 Å². The van der Waals surface area contributed by atoms with Crippen LogP contribution in [0, 0.1) is 11.3 Å². The van der Waals surface area contributed by atoms with Crippen molar-refractivity contribution < 1.29 is 10.2 Å². The summed E-state index contributed by atoms with van der Waals surface area (Å²) >= 11 is 0. The van der Waals surface area contributed by atoms with Gasteiger partial charge in [-0.15, -0.1) is 0 Å². The Kier molecular flexibility index (Phi) is 2.01. The average Bonchev–Trinajstić information content (AvgIpc) is 1.80. The lowest BCUT2D eigenvalue weighted by atomic mass is 9.83. The minimum Gasteiger partial charge on any atom is -0.370 e. The van der Waals surface area contributed by atoms with E-state index in [1.165, 1.54) is 6.92 Å². The Morgan fingerprint density at radius 3 is 2.42 bits per heavy atom. The van der Waals surface area contributed by atoms with Crippen molar-refractivity contribution in [2.24, 2.45) is 11.7 Å². The van der Waals surface area contributed by atoms with Crippen LogP contribution in [0.3, 0.4) is 0 Å². The summed E-state index contributed by atoms with van der Waals surface area (Å²) in [6, 6.07) is -0.0671. The van der Waals surface area contributed by atoms with Crippen LogP contribution in [0.5, 0.6) is 0 Å².